The lowest BCUT2D eigenvalue weighted by molar-refractivity contribution is -0.125. The Balaban J connectivity index is 2.93. The molecule has 0 fully saturated rings. The number of carbonyl (C=O) groups excluding carboxylic acids is 1. The summed E-state index contributed by atoms with van der Waals surface area (Å²) in [4.78, 5) is 16.4. The van der Waals surface area contributed by atoms with Gasteiger partial charge in [-0.15, -0.1) is 0 Å². The lowest BCUT2D eigenvalue weighted by Gasteiger charge is -2.27. The number of ether oxygens (including phenoxy) is 1. The molecule has 0 aliphatic carbocycles. The molecule has 114 valence electrons. The van der Waals surface area contributed by atoms with Gasteiger partial charge < -0.3 is 9.26 Å². The largest absolute Gasteiger partial charge is 0.367 e. The van der Waals surface area contributed by atoms with Crippen molar-refractivity contribution in [3.63, 3.8) is 0 Å². The molecule has 5 nitrogen and oxygen atoms in total. The molecule has 5 heteroatoms. The fourth-order valence-corrected chi connectivity index (χ4v) is 2.03. The van der Waals surface area contributed by atoms with Gasteiger partial charge in [-0.25, -0.2) is 0 Å². The fraction of sp³-hybridized carbons (Fsp3) is 0.800. The van der Waals surface area contributed by atoms with Crippen molar-refractivity contribution >= 4 is 5.78 Å². The van der Waals surface area contributed by atoms with Crippen LogP contribution in [0.4, 0.5) is 0 Å². The van der Waals surface area contributed by atoms with E-state index in [9.17, 15) is 4.79 Å². The summed E-state index contributed by atoms with van der Waals surface area (Å²) in [6.07, 6.45) is 1.71. The summed E-state index contributed by atoms with van der Waals surface area (Å²) in [5.74, 6) is 0.995. The van der Waals surface area contributed by atoms with Gasteiger partial charge in [0.1, 0.15) is 11.4 Å². The monoisotopic (exact) mass is 282 g/mol. The molecule has 0 bridgehead atoms. The van der Waals surface area contributed by atoms with Crippen LogP contribution in [0.5, 0.6) is 0 Å². The Morgan fingerprint density at radius 2 is 1.80 bits per heavy atom. The van der Waals surface area contributed by atoms with Crippen molar-refractivity contribution in [1.82, 2.24) is 10.1 Å². The molecule has 0 unspecified atom stereocenters. The lowest BCUT2D eigenvalue weighted by Crippen LogP contribution is -2.30. The normalized spacial score (nSPS) is 12.7. The molecule has 0 N–H and O–H groups in total. The average molecular weight is 282 g/mol. The van der Waals surface area contributed by atoms with E-state index in [1.807, 2.05) is 41.5 Å². The van der Waals surface area contributed by atoms with Crippen LogP contribution in [0, 0.1) is 5.41 Å². The highest BCUT2D eigenvalue weighted by Crippen LogP contribution is 2.31. The van der Waals surface area contributed by atoms with E-state index in [1.54, 1.807) is 0 Å². The van der Waals surface area contributed by atoms with Crippen LogP contribution in [0.25, 0.3) is 0 Å². The van der Waals surface area contributed by atoms with Gasteiger partial charge in [-0.3, -0.25) is 4.79 Å². The zero-order valence-electron chi connectivity index (χ0n) is 13.4. The number of Topliss-reactive ketones (excluding diaryl/α,β-unsaturated/α-hetero) is 1. The maximum absolute atomic E-state index is 12.0. The van der Waals surface area contributed by atoms with Crippen LogP contribution >= 0.6 is 0 Å². The summed E-state index contributed by atoms with van der Waals surface area (Å²) in [7, 11) is 0. The van der Waals surface area contributed by atoms with E-state index in [-0.39, 0.29) is 12.2 Å². The van der Waals surface area contributed by atoms with Gasteiger partial charge in [0.05, 0.1) is 6.42 Å². The van der Waals surface area contributed by atoms with Crippen molar-refractivity contribution in [2.75, 3.05) is 6.61 Å². The number of hydrogen-bond acceptors (Lipinski definition) is 5. The highest BCUT2D eigenvalue weighted by atomic mass is 16.5. The van der Waals surface area contributed by atoms with E-state index in [0.717, 1.165) is 12.8 Å². The average Bonchev–Trinajstić information content (AvgIpc) is 2.84. The summed E-state index contributed by atoms with van der Waals surface area (Å²) in [6.45, 7) is 12.3. The predicted molar refractivity (Wildman–Crippen MR) is 76.4 cm³/mol. The van der Waals surface area contributed by atoms with Gasteiger partial charge in [0, 0.05) is 12.0 Å². The van der Waals surface area contributed by atoms with E-state index < -0.39 is 11.0 Å². The number of carbonyl (C=O) groups is 1. The molecule has 0 aromatic carbocycles. The van der Waals surface area contributed by atoms with Gasteiger partial charge in [-0.05, 0) is 19.8 Å². The van der Waals surface area contributed by atoms with E-state index >= 15 is 0 Å². The fourth-order valence-electron chi connectivity index (χ4n) is 2.03. The second-order valence-corrected chi connectivity index (χ2v) is 6.00. The highest BCUT2D eigenvalue weighted by Gasteiger charge is 2.35. The Hall–Kier alpha value is -1.23. The number of ketones is 1. The first-order chi connectivity index (χ1) is 9.29. The molecule has 0 saturated carbocycles. The zero-order valence-corrected chi connectivity index (χ0v) is 13.4. The highest BCUT2D eigenvalue weighted by molar-refractivity contribution is 5.84. The van der Waals surface area contributed by atoms with Gasteiger partial charge in [-0.1, -0.05) is 39.8 Å². The molecule has 0 aliphatic rings. The molecule has 0 amide bonds. The number of rotatable bonds is 7. The Bertz CT molecular complexity index is 442. The van der Waals surface area contributed by atoms with Crippen LogP contribution in [0.2, 0.25) is 0 Å². The summed E-state index contributed by atoms with van der Waals surface area (Å²) in [5, 5.41) is 4.02. The van der Waals surface area contributed by atoms with E-state index in [0.29, 0.717) is 18.3 Å². The first-order valence-corrected chi connectivity index (χ1v) is 7.29. The number of hydrogen-bond donors (Lipinski definition) is 0. The molecular weight excluding hydrogens is 256 g/mol. The standard InChI is InChI=1S/C15H26N2O3/c1-7-15(8-2,19-9-3)13-16-12(20-17-13)10-11(18)14(4,5)6/h7-10H2,1-6H3. The van der Waals surface area contributed by atoms with Gasteiger partial charge in [-0.2, -0.15) is 4.98 Å². The first-order valence-electron chi connectivity index (χ1n) is 7.29. The first kappa shape index (κ1) is 16.8. The van der Waals surface area contributed by atoms with Crippen LogP contribution in [-0.4, -0.2) is 22.5 Å². The minimum absolute atomic E-state index is 0.0858. The van der Waals surface area contributed by atoms with Crippen LogP contribution in [0.3, 0.4) is 0 Å². The Kier molecular flexibility index (Phi) is 5.45. The molecule has 0 atom stereocenters. The van der Waals surface area contributed by atoms with Crippen molar-refractivity contribution in [3.8, 4) is 0 Å². The third-order valence-corrected chi connectivity index (χ3v) is 3.59. The van der Waals surface area contributed by atoms with Gasteiger partial charge in [0.2, 0.25) is 11.7 Å². The van der Waals surface area contributed by atoms with E-state index in [1.165, 1.54) is 0 Å². The van der Waals surface area contributed by atoms with Crippen molar-refractivity contribution in [3.05, 3.63) is 11.7 Å². The molecule has 0 spiro atoms. The van der Waals surface area contributed by atoms with Crippen LogP contribution in [-0.2, 0) is 21.6 Å². The summed E-state index contributed by atoms with van der Waals surface area (Å²) in [6, 6.07) is 0. The van der Waals surface area contributed by atoms with Crippen LogP contribution in [0.15, 0.2) is 4.52 Å². The quantitative estimate of drug-likeness (QED) is 0.768. The third kappa shape index (κ3) is 3.66. The molecule has 1 heterocycles. The van der Waals surface area contributed by atoms with Crippen molar-refractivity contribution in [2.45, 2.75) is 66.4 Å². The summed E-state index contributed by atoms with van der Waals surface area (Å²) < 4.78 is 11.1. The smallest absolute Gasteiger partial charge is 0.234 e. The SMILES string of the molecule is CCOC(CC)(CC)c1noc(CC(=O)C(C)(C)C)n1. The van der Waals surface area contributed by atoms with Crippen LogP contribution < -0.4 is 0 Å². The summed E-state index contributed by atoms with van der Waals surface area (Å²) in [5.41, 5.74) is -0.914. The maximum Gasteiger partial charge on any atom is 0.234 e. The Labute approximate surface area is 121 Å². The molecular formula is C15H26N2O3. The summed E-state index contributed by atoms with van der Waals surface area (Å²) >= 11 is 0. The van der Waals surface area contributed by atoms with Crippen molar-refractivity contribution in [1.29, 1.82) is 0 Å². The van der Waals surface area contributed by atoms with Gasteiger partial charge >= 0.3 is 0 Å². The Morgan fingerprint density at radius 1 is 1.20 bits per heavy atom. The van der Waals surface area contributed by atoms with Crippen LogP contribution in [0.1, 0.15) is 66.1 Å². The predicted octanol–water partition coefficient (Wildman–Crippen LogP) is 3.28. The second-order valence-electron chi connectivity index (χ2n) is 6.00. The van der Waals surface area contributed by atoms with Crippen molar-refractivity contribution in [2.24, 2.45) is 5.41 Å². The molecule has 1 aromatic rings. The van der Waals surface area contributed by atoms with E-state index in [4.69, 9.17) is 9.26 Å². The molecule has 1 aromatic heterocycles. The molecule has 0 saturated heterocycles. The molecule has 20 heavy (non-hydrogen) atoms. The topological polar surface area (TPSA) is 65.2 Å². The van der Waals surface area contributed by atoms with Gasteiger partial charge in [0.25, 0.3) is 0 Å². The zero-order chi connectivity index (χ0) is 15.4. The minimum Gasteiger partial charge on any atom is -0.367 e. The second kappa shape index (κ2) is 6.48. The number of nitrogens with zero attached hydrogens (tertiary/aromatic N) is 2. The third-order valence-electron chi connectivity index (χ3n) is 3.59. The minimum atomic E-state index is -0.513. The van der Waals surface area contributed by atoms with E-state index in [2.05, 4.69) is 10.1 Å². The maximum atomic E-state index is 12.0. The lowest BCUT2D eigenvalue weighted by atomic mass is 9.89. The Morgan fingerprint density at radius 3 is 2.25 bits per heavy atom. The van der Waals surface area contributed by atoms with Crippen molar-refractivity contribution < 1.29 is 14.1 Å². The molecule has 0 aliphatic heterocycles. The number of aromatic nitrogens is 2. The van der Waals surface area contributed by atoms with Gasteiger partial charge in [0.15, 0.2) is 0 Å². The molecule has 0 radical (unpaired) electrons. The molecule has 1 rings (SSSR count).